The van der Waals surface area contributed by atoms with Crippen LogP contribution < -0.4 is 0 Å². The van der Waals surface area contributed by atoms with Crippen LogP contribution in [-0.4, -0.2) is 4.98 Å². The van der Waals surface area contributed by atoms with Gasteiger partial charge in [0.15, 0.2) is 0 Å². The summed E-state index contributed by atoms with van der Waals surface area (Å²) in [5.41, 5.74) is 1.24. The molecule has 1 saturated carbocycles. The van der Waals surface area contributed by atoms with Gasteiger partial charge >= 0.3 is 0 Å². The van der Waals surface area contributed by atoms with E-state index in [1.807, 2.05) is 6.20 Å². The first-order valence-corrected chi connectivity index (χ1v) is 6.67. The van der Waals surface area contributed by atoms with Crippen LogP contribution in [0, 0.1) is 0 Å². The molecule has 0 atom stereocenters. The van der Waals surface area contributed by atoms with E-state index in [2.05, 4.69) is 42.9 Å². The number of pyridine rings is 1. The molecule has 1 heterocycles. The summed E-state index contributed by atoms with van der Waals surface area (Å²) in [4.78, 5) is 4.51. The van der Waals surface area contributed by atoms with Crippen LogP contribution in [0.15, 0.2) is 21.2 Å². The van der Waals surface area contributed by atoms with Crippen molar-refractivity contribution in [2.75, 3.05) is 0 Å². The van der Waals surface area contributed by atoms with Gasteiger partial charge in [-0.25, -0.2) is 0 Å². The van der Waals surface area contributed by atoms with Crippen molar-refractivity contribution >= 4 is 31.9 Å². The summed E-state index contributed by atoms with van der Waals surface area (Å²) in [6.07, 6.45) is 8.60. The van der Waals surface area contributed by atoms with Gasteiger partial charge in [-0.15, -0.1) is 0 Å². The Hall–Kier alpha value is 0.110. The smallest absolute Gasteiger partial charge is 0.0577 e. The molecule has 0 N–H and O–H groups in total. The molecule has 1 fully saturated rings. The molecule has 2 rings (SSSR count). The van der Waals surface area contributed by atoms with E-state index in [0.29, 0.717) is 5.92 Å². The molecule has 0 amide bonds. The number of nitrogens with zero attached hydrogens (tertiary/aromatic N) is 1. The van der Waals surface area contributed by atoms with Gasteiger partial charge in [0, 0.05) is 21.1 Å². The third-order valence-corrected chi connectivity index (χ3v) is 3.90. The average Bonchev–Trinajstić information content (AvgIpc) is 2.19. The monoisotopic (exact) mass is 317 g/mol. The van der Waals surface area contributed by atoms with Gasteiger partial charge in [0.2, 0.25) is 0 Å². The summed E-state index contributed by atoms with van der Waals surface area (Å²) in [5, 5.41) is 0. The molecule has 14 heavy (non-hydrogen) atoms. The summed E-state index contributed by atoms with van der Waals surface area (Å²) in [6, 6.07) is 2.09. The topological polar surface area (TPSA) is 12.9 Å². The molecule has 1 aromatic heterocycles. The lowest BCUT2D eigenvalue weighted by Crippen LogP contribution is -2.07. The number of hydrogen-bond donors (Lipinski definition) is 0. The zero-order valence-corrected chi connectivity index (χ0v) is 11.1. The lowest BCUT2D eigenvalue weighted by Gasteiger charge is -2.21. The molecular formula is C11H13Br2N. The third kappa shape index (κ3) is 2.37. The zero-order valence-electron chi connectivity index (χ0n) is 7.97. The van der Waals surface area contributed by atoms with Crippen molar-refractivity contribution in [3.8, 4) is 0 Å². The van der Waals surface area contributed by atoms with Crippen molar-refractivity contribution < 1.29 is 0 Å². The van der Waals surface area contributed by atoms with Gasteiger partial charge in [-0.2, -0.15) is 0 Å². The maximum absolute atomic E-state index is 4.51. The van der Waals surface area contributed by atoms with Crippen LogP contribution in [0.2, 0.25) is 0 Å². The maximum Gasteiger partial charge on any atom is 0.0577 e. The molecule has 0 spiro atoms. The van der Waals surface area contributed by atoms with E-state index in [1.54, 1.807) is 0 Å². The average molecular weight is 319 g/mol. The van der Waals surface area contributed by atoms with Crippen LogP contribution in [-0.2, 0) is 0 Å². The fraction of sp³-hybridized carbons (Fsp3) is 0.545. The van der Waals surface area contributed by atoms with Crippen molar-refractivity contribution in [3.05, 3.63) is 26.9 Å². The molecule has 76 valence electrons. The highest BCUT2D eigenvalue weighted by Crippen LogP contribution is 2.35. The van der Waals surface area contributed by atoms with Gasteiger partial charge in [0.1, 0.15) is 0 Å². The molecule has 0 saturated heterocycles. The van der Waals surface area contributed by atoms with Gasteiger partial charge < -0.3 is 0 Å². The lowest BCUT2D eigenvalue weighted by atomic mass is 9.87. The van der Waals surface area contributed by atoms with Crippen LogP contribution in [0.5, 0.6) is 0 Å². The van der Waals surface area contributed by atoms with E-state index in [4.69, 9.17) is 0 Å². The normalized spacial score (nSPS) is 18.4. The number of halogens is 2. The lowest BCUT2D eigenvalue weighted by molar-refractivity contribution is 0.435. The van der Waals surface area contributed by atoms with Crippen LogP contribution >= 0.6 is 31.9 Å². The Bertz CT molecular complexity index is 319. The van der Waals surface area contributed by atoms with Crippen LogP contribution in [0.25, 0.3) is 0 Å². The standard InChI is InChI=1S/C11H13Br2N/c12-9-6-10(13)11(14-7-9)8-4-2-1-3-5-8/h6-8H,1-5H2. The second-order valence-corrected chi connectivity index (χ2v) is 5.63. The molecular weight excluding hydrogens is 306 g/mol. The first-order valence-electron chi connectivity index (χ1n) is 5.08. The van der Waals surface area contributed by atoms with E-state index in [9.17, 15) is 0 Å². The van der Waals surface area contributed by atoms with Crippen molar-refractivity contribution in [2.24, 2.45) is 0 Å². The third-order valence-electron chi connectivity index (χ3n) is 2.83. The summed E-state index contributed by atoms with van der Waals surface area (Å²) >= 11 is 7.02. The van der Waals surface area contributed by atoms with E-state index >= 15 is 0 Å². The van der Waals surface area contributed by atoms with Gasteiger partial charge in [-0.3, -0.25) is 4.98 Å². The number of rotatable bonds is 1. The Kier molecular flexibility index (Phi) is 3.61. The van der Waals surface area contributed by atoms with Gasteiger partial charge in [0.25, 0.3) is 0 Å². The molecule has 0 radical (unpaired) electrons. The molecule has 0 bridgehead atoms. The predicted octanol–water partition coefficient (Wildman–Crippen LogP) is 4.65. The Balaban J connectivity index is 2.22. The largest absolute Gasteiger partial charge is 0.259 e. The van der Waals surface area contributed by atoms with Crippen molar-refractivity contribution in [1.29, 1.82) is 0 Å². The zero-order chi connectivity index (χ0) is 9.97. The Morgan fingerprint density at radius 1 is 1.14 bits per heavy atom. The summed E-state index contributed by atoms with van der Waals surface area (Å²) < 4.78 is 2.20. The Labute approximate surface area is 102 Å². The SMILES string of the molecule is Brc1cnc(C2CCCCC2)c(Br)c1. The maximum atomic E-state index is 4.51. The molecule has 1 aromatic rings. The minimum Gasteiger partial charge on any atom is -0.259 e. The fourth-order valence-electron chi connectivity index (χ4n) is 2.10. The Morgan fingerprint density at radius 2 is 1.86 bits per heavy atom. The molecule has 1 nitrogen and oxygen atoms in total. The molecule has 1 aliphatic carbocycles. The van der Waals surface area contributed by atoms with Crippen LogP contribution in [0.1, 0.15) is 43.7 Å². The van der Waals surface area contributed by atoms with E-state index in [-0.39, 0.29) is 0 Å². The van der Waals surface area contributed by atoms with Crippen molar-refractivity contribution in [2.45, 2.75) is 38.0 Å². The van der Waals surface area contributed by atoms with Crippen LogP contribution in [0.3, 0.4) is 0 Å². The molecule has 3 heteroatoms. The molecule has 0 aromatic carbocycles. The molecule has 1 aliphatic rings. The summed E-state index contributed by atoms with van der Waals surface area (Å²) in [6.45, 7) is 0. The van der Waals surface area contributed by atoms with Crippen LogP contribution in [0.4, 0.5) is 0 Å². The second kappa shape index (κ2) is 4.75. The van der Waals surface area contributed by atoms with Gasteiger partial charge in [0.05, 0.1) is 5.69 Å². The van der Waals surface area contributed by atoms with Crippen molar-refractivity contribution in [1.82, 2.24) is 4.98 Å². The highest BCUT2D eigenvalue weighted by molar-refractivity contribution is 9.11. The first-order chi connectivity index (χ1) is 6.77. The van der Waals surface area contributed by atoms with E-state index in [0.717, 1.165) is 8.95 Å². The van der Waals surface area contributed by atoms with E-state index < -0.39 is 0 Å². The van der Waals surface area contributed by atoms with Gasteiger partial charge in [-0.05, 0) is 50.8 Å². The van der Waals surface area contributed by atoms with E-state index in [1.165, 1.54) is 37.8 Å². The van der Waals surface area contributed by atoms with Gasteiger partial charge in [-0.1, -0.05) is 19.3 Å². The second-order valence-electron chi connectivity index (χ2n) is 3.86. The molecule has 0 unspecified atom stereocenters. The number of hydrogen-bond acceptors (Lipinski definition) is 1. The summed E-state index contributed by atoms with van der Waals surface area (Å²) in [7, 11) is 0. The highest BCUT2D eigenvalue weighted by Gasteiger charge is 2.18. The first kappa shape index (κ1) is 10.6. The highest BCUT2D eigenvalue weighted by atomic mass is 79.9. The molecule has 0 aliphatic heterocycles. The fourth-order valence-corrected chi connectivity index (χ4v) is 3.41. The predicted molar refractivity (Wildman–Crippen MR) is 65.5 cm³/mol. The minimum absolute atomic E-state index is 0.672. The number of aromatic nitrogens is 1. The minimum atomic E-state index is 0.672. The Morgan fingerprint density at radius 3 is 2.50 bits per heavy atom. The summed E-state index contributed by atoms with van der Waals surface area (Å²) in [5.74, 6) is 0.672. The van der Waals surface area contributed by atoms with Crippen molar-refractivity contribution in [3.63, 3.8) is 0 Å². The quantitative estimate of drug-likeness (QED) is 0.734.